The Morgan fingerprint density at radius 3 is 2.24 bits per heavy atom. The van der Waals surface area contributed by atoms with Gasteiger partial charge in [-0.25, -0.2) is 0 Å². The number of furan rings is 1. The molecule has 0 aliphatic heterocycles. The van der Waals surface area contributed by atoms with Crippen molar-refractivity contribution in [3.63, 3.8) is 0 Å². The van der Waals surface area contributed by atoms with Crippen LogP contribution >= 0.6 is 0 Å². The van der Waals surface area contributed by atoms with E-state index in [2.05, 4.69) is 16.0 Å². The molecule has 33 heavy (non-hydrogen) atoms. The summed E-state index contributed by atoms with van der Waals surface area (Å²) >= 11 is 0. The first-order valence-electron chi connectivity index (χ1n) is 10.3. The summed E-state index contributed by atoms with van der Waals surface area (Å²) in [6.45, 7) is 0. The molecule has 0 unspecified atom stereocenters. The van der Waals surface area contributed by atoms with Crippen LogP contribution in [0.25, 0.3) is 38.6 Å². The minimum atomic E-state index is 0. The normalized spacial score (nSPS) is 10.2. The minimum Gasteiger partial charge on any atom is -0.657 e. The van der Waals surface area contributed by atoms with Crippen LogP contribution in [0.1, 0.15) is 0 Å². The molecule has 0 atom stereocenters. The fourth-order valence-corrected chi connectivity index (χ4v) is 3.43. The first-order valence-corrected chi connectivity index (χ1v) is 10.3. The van der Waals surface area contributed by atoms with E-state index in [0.29, 0.717) is 0 Å². The zero-order valence-corrected chi connectivity index (χ0v) is 19.9. The van der Waals surface area contributed by atoms with Gasteiger partial charge in [0, 0.05) is 37.9 Å². The molecule has 0 spiro atoms. The smallest absolute Gasteiger partial charge is 0.153 e. The Labute approximate surface area is 205 Å². The van der Waals surface area contributed by atoms with Gasteiger partial charge in [-0.3, -0.25) is 4.98 Å². The number of hydrogen-bond donors (Lipinski definition) is 0. The molecule has 0 fully saturated rings. The van der Waals surface area contributed by atoms with Gasteiger partial charge < -0.3 is 14.7 Å². The molecule has 5 heteroatoms. The maximum atomic E-state index is 5.81. The first kappa shape index (κ1) is 22.4. The number of fused-ring (bicyclic) bond motifs is 3. The summed E-state index contributed by atoms with van der Waals surface area (Å²) in [6.07, 6.45) is 3.56. The van der Waals surface area contributed by atoms with Gasteiger partial charge in [-0.15, -0.1) is 47.3 Å². The maximum absolute atomic E-state index is 5.81. The largest absolute Gasteiger partial charge is 0.657 e. The third-order valence-electron chi connectivity index (χ3n) is 4.89. The molecular formula is C28H19IrN3O-2. The standard InChI is InChI=1S/C17H11N2O.C11H8N.Ir/c1-2-6-12(7-3-1)19-13-8-4-9-14-16(13)17-15(20-14)10-5-11-18-17;1-2-6-10(7-3-1)11-8-4-5-9-12-11;/h1-11H;1-6,8-9H;/q2*-1;. The Bertz CT molecular complexity index is 1400. The number of rotatable bonds is 3. The van der Waals surface area contributed by atoms with Crippen LogP contribution in [0.3, 0.4) is 0 Å². The van der Waals surface area contributed by atoms with Gasteiger partial charge in [0.1, 0.15) is 11.1 Å². The van der Waals surface area contributed by atoms with E-state index in [1.165, 1.54) is 0 Å². The predicted octanol–water partition coefficient (Wildman–Crippen LogP) is 7.86. The van der Waals surface area contributed by atoms with Crippen LogP contribution in [0.4, 0.5) is 11.4 Å². The van der Waals surface area contributed by atoms with Crippen molar-refractivity contribution < 1.29 is 24.5 Å². The zero-order chi connectivity index (χ0) is 21.6. The Balaban J connectivity index is 0.000000172. The molecule has 0 saturated carbocycles. The van der Waals surface area contributed by atoms with Crippen molar-refractivity contribution in [1.82, 2.24) is 9.97 Å². The van der Waals surface area contributed by atoms with E-state index in [1.54, 1.807) is 12.4 Å². The molecule has 3 aromatic carbocycles. The van der Waals surface area contributed by atoms with Crippen molar-refractivity contribution in [2.45, 2.75) is 0 Å². The van der Waals surface area contributed by atoms with Gasteiger partial charge in [-0.1, -0.05) is 54.6 Å². The molecule has 0 N–H and O–H groups in total. The van der Waals surface area contributed by atoms with Crippen LogP contribution in [0.15, 0.2) is 120 Å². The molecule has 0 aliphatic carbocycles. The minimum absolute atomic E-state index is 0. The van der Waals surface area contributed by atoms with Crippen LogP contribution in [0.5, 0.6) is 0 Å². The monoisotopic (exact) mass is 606 g/mol. The Kier molecular flexibility index (Phi) is 7.25. The predicted molar refractivity (Wildman–Crippen MR) is 129 cm³/mol. The molecule has 4 nitrogen and oxygen atoms in total. The van der Waals surface area contributed by atoms with E-state index in [4.69, 9.17) is 9.73 Å². The van der Waals surface area contributed by atoms with Gasteiger partial charge in [0.2, 0.25) is 0 Å². The number of nitrogens with zero attached hydrogens (tertiary/aromatic N) is 3. The summed E-state index contributed by atoms with van der Waals surface area (Å²) in [7, 11) is 0. The molecule has 163 valence electrons. The van der Waals surface area contributed by atoms with Crippen molar-refractivity contribution in [2.75, 3.05) is 0 Å². The van der Waals surface area contributed by atoms with Gasteiger partial charge in [0.25, 0.3) is 0 Å². The van der Waals surface area contributed by atoms with Crippen molar-refractivity contribution in [2.24, 2.45) is 0 Å². The summed E-state index contributed by atoms with van der Waals surface area (Å²) in [5, 5.41) is 5.66. The number of pyridine rings is 2. The second-order valence-electron chi connectivity index (χ2n) is 7.04. The van der Waals surface area contributed by atoms with Gasteiger partial charge in [-0.05, 0) is 30.0 Å². The van der Waals surface area contributed by atoms with Crippen LogP contribution in [0.2, 0.25) is 0 Å². The van der Waals surface area contributed by atoms with Gasteiger partial charge >= 0.3 is 0 Å². The molecule has 6 rings (SSSR count). The molecule has 0 aliphatic rings. The third kappa shape index (κ3) is 5.17. The second-order valence-corrected chi connectivity index (χ2v) is 7.04. The fraction of sp³-hybridized carbons (Fsp3) is 0. The molecule has 0 bridgehead atoms. The van der Waals surface area contributed by atoms with Gasteiger partial charge in [0.05, 0.1) is 0 Å². The fourth-order valence-electron chi connectivity index (χ4n) is 3.43. The average molecular weight is 606 g/mol. The quantitative estimate of drug-likeness (QED) is 0.193. The summed E-state index contributed by atoms with van der Waals surface area (Å²) in [6, 6.07) is 36.4. The summed E-state index contributed by atoms with van der Waals surface area (Å²) in [5.41, 5.74) is 6.28. The molecule has 0 amide bonds. The Morgan fingerprint density at radius 2 is 1.45 bits per heavy atom. The molecule has 3 aromatic heterocycles. The molecular weight excluding hydrogens is 587 g/mol. The van der Waals surface area contributed by atoms with E-state index in [1.807, 2.05) is 103 Å². The Morgan fingerprint density at radius 1 is 0.667 bits per heavy atom. The van der Waals surface area contributed by atoms with E-state index in [-0.39, 0.29) is 20.1 Å². The molecule has 1 radical (unpaired) electrons. The van der Waals surface area contributed by atoms with E-state index >= 15 is 0 Å². The van der Waals surface area contributed by atoms with Crippen molar-refractivity contribution in [1.29, 1.82) is 0 Å². The summed E-state index contributed by atoms with van der Waals surface area (Å²) in [5.74, 6) is 0. The van der Waals surface area contributed by atoms with Crippen molar-refractivity contribution in [3.8, 4) is 11.3 Å². The SMILES string of the molecule is [Ir].[c-]1ccccc1-c1ccccn1.c1ccc([N-]c2cccc3oc4cccnc4c23)cc1. The van der Waals surface area contributed by atoms with Gasteiger partial charge in [-0.2, -0.15) is 0 Å². The van der Waals surface area contributed by atoms with Crippen LogP contribution in [0, 0.1) is 6.07 Å². The van der Waals surface area contributed by atoms with Crippen molar-refractivity contribution in [3.05, 3.63) is 127 Å². The maximum Gasteiger partial charge on any atom is 0.153 e. The number of aromatic nitrogens is 2. The van der Waals surface area contributed by atoms with E-state index < -0.39 is 0 Å². The van der Waals surface area contributed by atoms with Gasteiger partial charge in [0.15, 0.2) is 5.58 Å². The van der Waals surface area contributed by atoms with E-state index in [9.17, 15) is 0 Å². The van der Waals surface area contributed by atoms with Crippen LogP contribution in [-0.4, -0.2) is 9.97 Å². The third-order valence-corrected chi connectivity index (χ3v) is 4.89. The summed E-state index contributed by atoms with van der Waals surface area (Å²) in [4.78, 5) is 8.64. The average Bonchev–Trinajstić information content (AvgIpc) is 3.26. The second kappa shape index (κ2) is 10.7. The van der Waals surface area contributed by atoms with Crippen LogP contribution in [-0.2, 0) is 20.1 Å². The van der Waals surface area contributed by atoms with Crippen molar-refractivity contribution >= 4 is 33.4 Å². The topological polar surface area (TPSA) is 53.0 Å². The number of para-hydroxylation sites is 1. The van der Waals surface area contributed by atoms with E-state index in [0.717, 1.165) is 44.7 Å². The van der Waals surface area contributed by atoms with Crippen LogP contribution < -0.4 is 0 Å². The molecule has 0 saturated heterocycles. The number of hydrogen-bond acceptors (Lipinski definition) is 3. The number of benzene rings is 3. The molecule has 6 aromatic rings. The zero-order valence-electron chi connectivity index (χ0n) is 17.6. The first-order chi connectivity index (χ1) is 15.9. The summed E-state index contributed by atoms with van der Waals surface area (Å²) < 4.78 is 5.81. The molecule has 3 heterocycles. The Hall–Kier alpha value is -3.79.